The number of primary sulfonamides is 1. The van der Waals surface area contributed by atoms with Gasteiger partial charge in [-0.15, -0.1) is 11.8 Å². The molecule has 0 spiro atoms. The van der Waals surface area contributed by atoms with Crippen molar-refractivity contribution < 1.29 is 22.0 Å². The Hall–Kier alpha value is -2.43. The molecule has 0 aliphatic rings. The van der Waals surface area contributed by atoms with Crippen molar-refractivity contribution in [1.29, 1.82) is 0 Å². The first-order valence-corrected chi connectivity index (χ1v) is 11.3. The average Bonchev–Trinajstić information content (AvgIpc) is 2.68. The number of thioether (sulfide) groups is 1. The first-order valence-electron chi connectivity index (χ1n) is 8.52. The lowest BCUT2D eigenvalue weighted by Crippen LogP contribution is -2.23. The lowest BCUT2D eigenvalue weighted by Gasteiger charge is -2.18. The summed E-state index contributed by atoms with van der Waals surface area (Å²) in [7, 11) is -4.21. The van der Waals surface area contributed by atoms with Gasteiger partial charge in [0.05, 0.1) is 21.5 Å². The maximum atomic E-state index is 15.4. The Labute approximate surface area is 170 Å². The van der Waals surface area contributed by atoms with Crippen LogP contribution in [0.4, 0.5) is 8.78 Å². The van der Waals surface area contributed by atoms with Crippen molar-refractivity contribution in [3.8, 4) is 0 Å². The van der Waals surface area contributed by atoms with E-state index in [-0.39, 0.29) is 16.9 Å². The molecule has 0 saturated heterocycles. The van der Waals surface area contributed by atoms with E-state index in [4.69, 9.17) is 5.14 Å². The van der Waals surface area contributed by atoms with Gasteiger partial charge >= 0.3 is 0 Å². The molecule has 3 rings (SSSR count). The zero-order valence-electron chi connectivity index (χ0n) is 15.5. The van der Waals surface area contributed by atoms with Crippen molar-refractivity contribution in [2.24, 2.45) is 5.14 Å². The molecular weight excluding hydrogens is 420 g/mol. The summed E-state index contributed by atoms with van der Waals surface area (Å²) in [5.74, 6) is -2.77. The number of rotatable bonds is 6. The molecule has 0 radical (unpaired) electrons. The molecule has 1 atom stereocenters. The van der Waals surface area contributed by atoms with E-state index in [2.05, 4.69) is 9.97 Å². The van der Waals surface area contributed by atoms with E-state index >= 15 is 4.39 Å². The Balaban J connectivity index is 2.24. The van der Waals surface area contributed by atoms with Crippen LogP contribution in [0.15, 0.2) is 41.6 Å². The first-order chi connectivity index (χ1) is 13.7. The largest absolute Gasteiger partial charge is 0.288 e. The molecule has 152 valence electrons. The van der Waals surface area contributed by atoms with Gasteiger partial charge in [0.15, 0.2) is 5.78 Å². The third kappa shape index (κ3) is 4.00. The molecule has 1 aromatic heterocycles. The Kier molecular flexibility index (Phi) is 5.97. The molecule has 10 heteroatoms. The van der Waals surface area contributed by atoms with Crippen LogP contribution in [0.2, 0.25) is 0 Å². The lowest BCUT2D eigenvalue weighted by atomic mass is 9.97. The van der Waals surface area contributed by atoms with Crippen molar-refractivity contribution in [3.05, 3.63) is 65.0 Å². The van der Waals surface area contributed by atoms with Gasteiger partial charge in [-0.3, -0.25) is 14.8 Å². The van der Waals surface area contributed by atoms with Gasteiger partial charge in [0.1, 0.15) is 16.9 Å². The van der Waals surface area contributed by atoms with Gasteiger partial charge in [-0.2, -0.15) is 0 Å². The van der Waals surface area contributed by atoms with E-state index in [0.29, 0.717) is 11.0 Å². The summed E-state index contributed by atoms with van der Waals surface area (Å²) in [5.41, 5.74) is 0.0337. The average molecular weight is 437 g/mol. The minimum Gasteiger partial charge on any atom is -0.288 e. The van der Waals surface area contributed by atoms with Crippen LogP contribution in [0.3, 0.4) is 0 Å². The molecule has 0 saturated carbocycles. The van der Waals surface area contributed by atoms with Gasteiger partial charge in [-0.25, -0.2) is 22.3 Å². The Morgan fingerprint density at radius 2 is 1.83 bits per heavy atom. The highest BCUT2D eigenvalue weighted by Gasteiger charge is 2.31. The summed E-state index contributed by atoms with van der Waals surface area (Å²) in [6.45, 7) is 1.48. The fourth-order valence-corrected chi connectivity index (χ4v) is 4.77. The number of benzene rings is 2. The van der Waals surface area contributed by atoms with Gasteiger partial charge in [-0.05, 0) is 36.9 Å². The van der Waals surface area contributed by atoms with Gasteiger partial charge in [-0.1, -0.05) is 6.92 Å². The van der Waals surface area contributed by atoms with Crippen LogP contribution in [0.5, 0.6) is 0 Å². The number of hydrogen-bond donors (Lipinski definition) is 1. The number of carbonyl (C=O) groups is 1. The number of sulfonamides is 1. The predicted octanol–water partition coefficient (Wildman–Crippen LogP) is 3.60. The smallest absolute Gasteiger partial charge is 0.216 e. The summed E-state index contributed by atoms with van der Waals surface area (Å²) in [5, 5.41) is 3.72. The van der Waals surface area contributed by atoms with Crippen molar-refractivity contribution in [1.82, 2.24) is 9.97 Å². The van der Waals surface area contributed by atoms with E-state index in [0.717, 1.165) is 17.8 Å². The SMILES string of the molecule is CCC(c1cc(F)c(SC)c(C(=O)c2ccc3nccnc3c2)c1F)S(N)(=O)=O. The Morgan fingerprint density at radius 1 is 1.17 bits per heavy atom. The molecule has 0 fully saturated rings. The van der Waals surface area contributed by atoms with Crippen LogP contribution in [0, 0.1) is 11.6 Å². The molecule has 0 aliphatic heterocycles. The number of nitrogens with zero attached hydrogens (tertiary/aromatic N) is 2. The maximum absolute atomic E-state index is 15.4. The topological polar surface area (TPSA) is 103 Å². The minimum absolute atomic E-state index is 0.0763. The molecule has 3 aromatic rings. The van der Waals surface area contributed by atoms with E-state index in [9.17, 15) is 17.6 Å². The number of halogens is 2. The quantitative estimate of drug-likeness (QED) is 0.467. The third-order valence-electron chi connectivity index (χ3n) is 4.48. The molecular formula is C19H17F2N3O3S2. The lowest BCUT2D eigenvalue weighted by molar-refractivity contribution is 0.103. The second-order valence-corrected chi connectivity index (χ2v) is 8.81. The highest BCUT2D eigenvalue weighted by molar-refractivity contribution is 7.98. The third-order valence-corrected chi connectivity index (χ3v) is 6.66. The Bertz CT molecular complexity index is 1220. The van der Waals surface area contributed by atoms with Crippen LogP contribution in [0.1, 0.15) is 40.1 Å². The number of hydrogen-bond acceptors (Lipinski definition) is 6. The standard InChI is InChI=1S/C19H17F2N3O3S2/c1-3-15(29(22,26)27)11-9-12(20)19(28-2)16(17(11)21)18(25)10-4-5-13-14(8-10)24-7-6-23-13/h4-9,15H,3H2,1-2H3,(H2,22,26,27). The summed E-state index contributed by atoms with van der Waals surface area (Å²) >= 11 is 0.854. The molecule has 6 nitrogen and oxygen atoms in total. The predicted molar refractivity (Wildman–Crippen MR) is 107 cm³/mol. The normalized spacial score (nSPS) is 12.9. The molecule has 1 unspecified atom stereocenters. The first kappa shape index (κ1) is 21.3. The van der Waals surface area contributed by atoms with E-state index < -0.39 is 43.8 Å². The molecule has 1 heterocycles. The van der Waals surface area contributed by atoms with Gasteiger partial charge in [0.2, 0.25) is 10.0 Å². The number of fused-ring (bicyclic) bond motifs is 1. The van der Waals surface area contributed by atoms with Crippen LogP contribution in [0.25, 0.3) is 11.0 Å². The van der Waals surface area contributed by atoms with Crippen molar-refractivity contribution in [2.75, 3.05) is 6.26 Å². The number of ketones is 1. The highest BCUT2D eigenvalue weighted by atomic mass is 32.2. The van der Waals surface area contributed by atoms with Crippen molar-refractivity contribution >= 4 is 38.6 Å². The van der Waals surface area contributed by atoms with Gasteiger partial charge in [0.25, 0.3) is 0 Å². The van der Waals surface area contributed by atoms with E-state index in [1.807, 2.05) is 0 Å². The zero-order chi connectivity index (χ0) is 21.3. The molecule has 0 amide bonds. The van der Waals surface area contributed by atoms with Crippen molar-refractivity contribution in [3.63, 3.8) is 0 Å². The van der Waals surface area contributed by atoms with Crippen LogP contribution < -0.4 is 5.14 Å². The summed E-state index contributed by atoms with van der Waals surface area (Å²) in [4.78, 5) is 21.1. The summed E-state index contributed by atoms with van der Waals surface area (Å²) in [6.07, 6.45) is 4.36. The number of aromatic nitrogens is 2. The minimum atomic E-state index is -4.21. The molecule has 29 heavy (non-hydrogen) atoms. The van der Waals surface area contributed by atoms with Gasteiger partial charge in [0, 0.05) is 23.5 Å². The van der Waals surface area contributed by atoms with Crippen LogP contribution >= 0.6 is 11.8 Å². The van der Waals surface area contributed by atoms with E-state index in [1.54, 1.807) is 6.07 Å². The summed E-state index contributed by atoms with van der Waals surface area (Å²) < 4.78 is 53.8. The van der Waals surface area contributed by atoms with Crippen molar-refractivity contribution in [2.45, 2.75) is 23.5 Å². The fraction of sp³-hybridized carbons (Fsp3) is 0.211. The summed E-state index contributed by atoms with van der Waals surface area (Å²) in [6, 6.07) is 5.20. The zero-order valence-corrected chi connectivity index (χ0v) is 17.2. The molecule has 2 N–H and O–H groups in total. The second kappa shape index (κ2) is 8.13. The van der Waals surface area contributed by atoms with Gasteiger partial charge < -0.3 is 0 Å². The van der Waals surface area contributed by atoms with Crippen LogP contribution in [-0.4, -0.2) is 30.4 Å². The highest BCUT2D eigenvalue weighted by Crippen LogP contribution is 2.36. The number of nitrogens with two attached hydrogens (primary N) is 1. The van der Waals surface area contributed by atoms with E-state index in [1.165, 1.54) is 37.7 Å². The fourth-order valence-electron chi connectivity index (χ4n) is 3.14. The Morgan fingerprint density at radius 3 is 2.41 bits per heavy atom. The van der Waals surface area contributed by atoms with Crippen LogP contribution in [-0.2, 0) is 10.0 Å². The molecule has 0 bridgehead atoms. The monoisotopic (exact) mass is 437 g/mol. The maximum Gasteiger partial charge on any atom is 0.216 e. The molecule has 0 aliphatic carbocycles. The number of carbonyl (C=O) groups excluding carboxylic acids is 1. The second-order valence-electron chi connectivity index (χ2n) is 6.24. The molecule has 2 aromatic carbocycles.